The molecule has 0 spiro atoms. The van der Waals surface area contributed by atoms with Crippen molar-refractivity contribution in [3.05, 3.63) is 29.3 Å². The topological polar surface area (TPSA) is 73.4 Å². The van der Waals surface area contributed by atoms with Crippen molar-refractivity contribution in [2.75, 3.05) is 19.0 Å². The highest BCUT2D eigenvalue weighted by atomic mass is 16.2. The van der Waals surface area contributed by atoms with Crippen LogP contribution >= 0.6 is 0 Å². The number of amides is 2. The number of aryl methyl sites for hydroxylation is 2. The van der Waals surface area contributed by atoms with E-state index in [2.05, 4.69) is 0 Å². The monoisotopic (exact) mass is 248 g/mol. The van der Waals surface area contributed by atoms with Crippen molar-refractivity contribution in [1.29, 1.82) is 5.41 Å². The lowest BCUT2D eigenvalue weighted by atomic mass is 10.1. The molecule has 0 aliphatic rings. The Morgan fingerprint density at radius 1 is 1.39 bits per heavy atom. The van der Waals surface area contributed by atoms with Crippen molar-refractivity contribution >= 4 is 17.7 Å². The van der Waals surface area contributed by atoms with Gasteiger partial charge in [-0.15, -0.1) is 0 Å². The van der Waals surface area contributed by atoms with Crippen molar-refractivity contribution < 1.29 is 4.79 Å². The zero-order valence-electron chi connectivity index (χ0n) is 11.3. The lowest BCUT2D eigenvalue weighted by molar-refractivity contribution is 0.233. The second-order valence-corrected chi connectivity index (χ2v) is 4.22. The third-order valence-electron chi connectivity index (χ3n) is 2.97. The number of carbonyl (C=O) groups excluding carboxylic acids is 1. The molecular formula is C13H20N4O. The van der Waals surface area contributed by atoms with E-state index in [9.17, 15) is 4.79 Å². The van der Waals surface area contributed by atoms with Gasteiger partial charge in [0.15, 0.2) is 5.96 Å². The summed E-state index contributed by atoms with van der Waals surface area (Å²) in [5.74, 6) is -0.265. The maximum absolute atomic E-state index is 12.1. The van der Waals surface area contributed by atoms with Gasteiger partial charge < -0.3 is 5.73 Å². The molecule has 0 unspecified atom stereocenters. The fourth-order valence-electron chi connectivity index (χ4n) is 1.91. The maximum atomic E-state index is 12.1. The fraction of sp³-hybridized carbons (Fsp3) is 0.385. The molecule has 5 nitrogen and oxygen atoms in total. The molecule has 0 saturated carbocycles. The van der Waals surface area contributed by atoms with Gasteiger partial charge in [0.25, 0.3) is 0 Å². The summed E-state index contributed by atoms with van der Waals surface area (Å²) in [4.78, 5) is 14.8. The fourth-order valence-corrected chi connectivity index (χ4v) is 1.91. The van der Waals surface area contributed by atoms with E-state index < -0.39 is 0 Å². The van der Waals surface area contributed by atoms with Gasteiger partial charge in [-0.2, -0.15) is 0 Å². The van der Waals surface area contributed by atoms with Crippen LogP contribution in [0.15, 0.2) is 18.2 Å². The number of rotatable bonds is 2. The molecular weight excluding hydrogens is 228 g/mol. The minimum absolute atomic E-state index is 0.265. The second-order valence-electron chi connectivity index (χ2n) is 4.22. The van der Waals surface area contributed by atoms with Gasteiger partial charge in [-0.25, -0.2) is 4.79 Å². The largest absolute Gasteiger partial charge is 0.370 e. The minimum atomic E-state index is -0.313. The van der Waals surface area contributed by atoms with Crippen molar-refractivity contribution in [1.82, 2.24) is 4.90 Å². The quantitative estimate of drug-likeness (QED) is 0.620. The summed E-state index contributed by atoms with van der Waals surface area (Å²) in [5.41, 5.74) is 8.34. The molecule has 18 heavy (non-hydrogen) atoms. The molecule has 0 saturated heterocycles. The Hall–Kier alpha value is -2.04. The van der Waals surface area contributed by atoms with E-state index in [1.54, 1.807) is 7.05 Å². The third-order valence-corrected chi connectivity index (χ3v) is 2.97. The Labute approximate surface area is 108 Å². The van der Waals surface area contributed by atoms with Gasteiger partial charge in [0.1, 0.15) is 0 Å². The van der Waals surface area contributed by atoms with Crippen LogP contribution in [-0.4, -0.2) is 31.0 Å². The van der Waals surface area contributed by atoms with Crippen molar-refractivity contribution in [3.63, 3.8) is 0 Å². The molecule has 0 aliphatic heterocycles. The van der Waals surface area contributed by atoms with Gasteiger partial charge in [0, 0.05) is 14.1 Å². The third kappa shape index (κ3) is 2.61. The van der Waals surface area contributed by atoms with Crippen LogP contribution in [0.1, 0.15) is 18.1 Å². The molecule has 2 amide bonds. The summed E-state index contributed by atoms with van der Waals surface area (Å²) in [5, 5.41) is 7.29. The number of benzene rings is 1. The van der Waals surface area contributed by atoms with Gasteiger partial charge in [0.2, 0.25) is 0 Å². The highest BCUT2D eigenvalue weighted by molar-refractivity contribution is 6.02. The van der Waals surface area contributed by atoms with E-state index >= 15 is 0 Å². The number of nitrogens with two attached hydrogens (primary N) is 1. The van der Waals surface area contributed by atoms with Gasteiger partial charge >= 0.3 is 6.03 Å². The van der Waals surface area contributed by atoms with E-state index in [1.165, 1.54) is 11.9 Å². The highest BCUT2D eigenvalue weighted by Gasteiger charge is 2.20. The van der Waals surface area contributed by atoms with Crippen LogP contribution in [0.5, 0.6) is 0 Å². The first-order valence-electron chi connectivity index (χ1n) is 5.84. The van der Waals surface area contributed by atoms with Crippen LogP contribution in [0.4, 0.5) is 10.5 Å². The second kappa shape index (κ2) is 5.53. The molecule has 0 atom stereocenters. The summed E-state index contributed by atoms with van der Waals surface area (Å²) >= 11 is 0. The van der Waals surface area contributed by atoms with Gasteiger partial charge in [-0.3, -0.25) is 15.2 Å². The molecule has 0 aliphatic carbocycles. The molecule has 3 N–H and O–H groups in total. The smallest absolute Gasteiger partial charge is 0.330 e. The molecule has 0 heterocycles. The molecule has 5 heteroatoms. The van der Waals surface area contributed by atoms with Crippen molar-refractivity contribution in [2.24, 2.45) is 5.73 Å². The van der Waals surface area contributed by atoms with Crippen LogP contribution in [0.3, 0.4) is 0 Å². The SMILES string of the molecule is CCc1cccc(C)c1N(C)C(=O)N(C)C(=N)N. The summed E-state index contributed by atoms with van der Waals surface area (Å²) in [6.45, 7) is 4.01. The number of anilines is 1. The summed E-state index contributed by atoms with van der Waals surface area (Å²) in [7, 11) is 3.19. The van der Waals surface area contributed by atoms with E-state index in [0.29, 0.717) is 0 Å². The van der Waals surface area contributed by atoms with E-state index in [4.69, 9.17) is 11.1 Å². The molecule has 0 fully saturated rings. The van der Waals surface area contributed by atoms with E-state index in [1.807, 2.05) is 32.0 Å². The first-order valence-corrected chi connectivity index (χ1v) is 5.84. The Bertz CT molecular complexity index is 470. The first kappa shape index (κ1) is 14.0. The van der Waals surface area contributed by atoms with Crippen molar-refractivity contribution in [2.45, 2.75) is 20.3 Å². The van der Waals surface area contributed by atoms with E-state index in [0.717, 1.165) is 28.1 Å². The maximum Gasteiger partial charge on any atom is 0.330 e. The Balaban J connectivity index is 3.14. The summed E-state index contributed by atoms with van der Waals surface area (Å²) in [6, 6.07) is 5.63. The van der Waals surface area contributed by atoms with Crippen LogP contribution in [0.2, 0.25) is 0 Å². The van der Waals surface area contributed by atoms with Crippen molar-refractivity contribution in [3.8, 4) is 0 Å². The molecule has 98 valence electrons. The number of guanidine groups is 1. The van der Waals surface area contributed by atoms with Gasteiger partial charge in [0.05, 0.1) is 5.69 Å². The van der Waals surface area contributed by atoms with E-state index in [-0.39, 0.29) is 12.0 Å². The molecule has 0 bridgehead atoms. The number of nitrogens with zero attached hydrogens (tertiary/aromatic N) is 2. The molecule has 1 aromatic carbocycles. The number of urea groups is 1. The Kier molecular flexibility index (Phi) is 4.31. The normalized spacial score (nSPS) is 10.0. The predicted octanol–water partition coefficient (Wildman–Crippen LogP) is 1.94. The summed E-state index contributed by atoms with van der Waals surface area (Å²) < 4.78 is 0. The average molecular weight is 248 g/mol. The zero-order valence-corrected chi connectivity index (χ0v) is 11.3. The lowest BCUT2D eigenvalue weighted by Crippen LogP contribution is -2.45. The number of hydrogen-bond donors (Lipinski definition) is 2. The average Bonchev–Trinajstić information content (AvgIpc) is 2.35. The summed E-state index contributed by atoms with van der Waals surface area (Å²) in [6.07, 6.45) is 0.846. The Morgan fingerprint density at radius 3 is 2.50 bits per heavy atom. The molecule has 1 rings (SSSR count). The standard InChI is InChI=1S/C13H20N4O/c1-5-10-8-6-7-9(2)11(10)16(3)13(18)17(4)12(14)15/h6-8H,5H2,1-4H3,(H3,14,15). The number of para-hydroxylation sites is 1. The Morgan fingerprint density at radius 2 is 2.00 bits per heavy atom. The number of carbonyl (C=O) groups is 1. The highest BCUT2D eigenvalue weighted by Crippen LogP contribution is 2.25. The predicted molar refractivity (Wildman–Crippen MR) is 74.0 cm³/mol. The lowest BCUT2D eigenvalue weighted by Gasteiger charge is -2.26. The molecule has 1 aromatic rings. The first-order chi connectivity index (χ1) is 8.40. The van der Waals surface area contributed by atoms with Gasteiger partial charge in [-0.05, 0) is 24.5 Å². The number of hydrogen-bond acceptors (Lipinski definition) is 2. The van der Waals surface area contributed by atoms with Gasteiger partial charge in [-0.1, -0.05) is 25.1 Å². The van der Waals surface area contributed by atoms with Crippen LogP contribution < -0.4 is 10.6 Å². The van der Waals surface area contributed by atoms with Crippen LogP contribution in [0.25, 0.3) is 0 Å². The molecule has 0 aromatic heterocycles. The zero-order chi connectivity index (χ0) is 13.9. The van der Waals surface area contributed by atoms with Crippen LogP contribution in [-0.2, 0) is 6.42 Å². The number of nitrogens with one attached hydrogen (secondary N) is 1. The van der Waals surface area contributed by atoms with Crippen LogP contribution in [0, 0.1) is 12.3 Å². The minimum Gasteiger partial charge on any atom is -0.370 e. The molecule has 0 radical (unpaired) electrons.